The molecular weight excluding hydrogens is 537 g/mol. The fraction of sp³-hybridized carbons (Fsp3) is 0.409. The van der Waals surface area contributed by atoms with Crippen molar-refractivity contribution in [3.63, 3.8) is 0 Å². The highest BCUT2D eigenvalue weighted by Crippen LogP contribution is 2.38. The van der Waals surface area contributed by atoms with Gasteiger partial charge in [0.2, 0.25) is 0 Å². The van der Waals surface area contributed by atoms with E-state index in [1.807, 2.05) is 0 Å². The molecule has 1 fully saturated rings. The number of nitrogens with one attached hydrogen (secondary N) is 1. The lowest BCUT2D eigenvalue weighted by Gasteiger charge is -2.28. The number of H-pyrrole nitrogens is 1. The first-order valence-electron chi connectivity index (χ1n) is 11.1. The maximum atomic E-state index is 13.1. The largest absolute Gasteiger partial charge is 0.573 e. The van der Waals surface area contributed by atoms with Gasteiger partial charge in [0.1, 0.15) is 15.0 Å². The van der Waals surface area contributed by atoms with Gasteiger partial charge in [-0.1, -0.05) is 17.8 Å². The lowest BCUT2D eigenvalue weighted by atomic mass is 10.2. The third-order valence-electron chi connectivity index (χ3n) is 5.88. The number of morpholine rings is 1. The highest BCUT2D eigenvalue weighted by Gasteiger charge is 2.33. The van der Waals surface area contributed by atoms with E-state index in [4.69, 9.17) is 4.74 Å². The van der Waals surface area contributed by atoms with Gasteiger partial charge in [-0.25, -0.2) is 8.42 Å². The van der Waals surface area contributed by atoms with Crippen LogP contribution in [0.15, 0.2) is 44.9 Å². The average molecular weight is 561 g/mol. The zero-order chi connectivity index (χ0) is 25.5. The van der Waals surface area contributed by atoms with Crippen LogP contribution in [0.4, 0.5) is 18.9 Å². The lowest BCUT2D eigenvalue weighted by Crippen LogP contribution is -2.40. The number of anilines is 1. The lowest BCUT2D eigenvalue weighted by molar-refractivity contribution is -0.274. The third kappa shape index (κ3) is 5.37. The Morgan fingerprint density at radius 3 is 2.75 bits per heavy atom. The van der Waals surface area contributed by atoms with Crippen LogP contribution < -0.4 is 9.04 Å². The zero-order valence-corrected chi connectivity index (χ0v) is 21.6. The van der Waals surface area contributed by atoms with E-state index < -0.39 is 22.1 Å². The number of hydrogen-bond donors (Lipinski definition) is 1. The summed E-state index contributed by atoms with van der Waals surface area (Å²) in [5.41, 5.74) is 1.04. The van der Waals surface area contributed by atoms with Crippen molar-refractivity contribution in [2.75, 3.05) is 50.7 Å². The first-order chi connectivity index (χ1) is 17.1. The quantitative estimate of drug-likeness (QED) is 0.467. The van der Waals surface area contributed by atoms with E-state index in [2.05, 4.69) is 19.6 Å². The molecular formula is C22H23F3N4O4S3. The van der Waals surface area contributed by atoms with E-state index in [9.17, 15) is 21.6 Å². The number of halogens is 3. The Morgan fingerprint density at radius 2 is 2.06 bits per heavy atom. The molecule has 0 spiro atoms. The Hall–Kier alpha value is -2.26. The molecule has 3 aromatic rings. The van der Waals surface area contributed by atoms with Gasteiger partial charge in [-0.2, -0.15) is 0 Å². The SMILES string of the molecule is CN(c1cc(OC(F)(F)F)cc2cc(C3=NCC(CN4CCOCC4)S3)[nH]c12)S(=O)(=O)c1cccs1. The van der Waals surface area contributed by atoms with Gasteiger partial charge in [0.15, 0.2) is 0 Å². The molecule has 2 aliphatic rings. The molecule has 0 amide bonds. The monoisotopic (exact) mass is 560 g/mol. The molecule has 2 aliphatic heterocycles. The summed E-state index contributed by atoms with van der Waals surface area (Å²) >= 11 is 2.63. The first-order valence-corrected chi connectivity index (χ1v) is 14.3. The van der Waals surface area contributed by atoms with E-state index in [1.165, 1.54) is 19.2 Å². The van der Waals surface area contributed by atoms with Crippen LogP contribution in [0.5, 0.6) is 5.75 Å². The van der Waals surface area contributed by atoms with E-state index in [-0.39, 0.29) is 15.1 Å². The third-order valence-corrected chi connectivity index (χ3v) is 10.2. The molecule has 4 heterocycles. The Bertz CT molecular complexity index is 1370. The number of aromatic amines is 1. The standard InChI is InChI=1S/C22H23F3N4O4S3/c1-28(36(30,31)19-3-2-8-34-19)18-11-15(33-22(23,24)25)9-14-10-17(27-20(14)18)21-26-12-16(35-21)13-29-4-6-32-7-5-29/h2-3,8-11,16,27H,4-7,12-13H2,1H3. The predicted molar refractivity (Wildman–Crippen MR) is 135 cm³/mol. The molecule has 0 radical (unpaired) electrons. The minimum Gasteiger partial charge on any atom is -0.406 e. The van der Waals surface area contributed by atoms with Gasteiger partial charge in [0.05, 0.1) is 36.7 Å². The molecule has 194 valence electrons. The second-order valence-corrected chi connectivity index (χ2v) is 12.8. The number of rotatable bonds is 7. The topological polar surface area (TPSA) is 87.2 Å². The van der Waals surface area contributed by atoms with E-state index in [1.54, 1.807) is 29.3 Å². The number of nitrogens with zero attached hydrogens (tertiary/aromatic N) is 3. The molecule has 0 aliphatic carbocycles. The second-order valence-electron chi connectivity index (χ2n) is 8.34. The number of thioether (sulfide) groups is 1. The fourth-order valence-electron chi connectivity index (χ4n) is 4.16. The van der Waals surface area contributed by atoms with Gasteiger partial charge < -0.3 is 14.5 Å². The van der Waals surface area contributed by atoms with Crippen LogP contribution in [0, 0.1) is 0 Å². The molecule has 1 N–H and O–H groups in total. The van der Waals surface area contributed by atoms with Crippen LogP contribution in [0.3, 0.4) is 0 Å². The Labute approximate surface area is 214 Å². The maximum absolute atomic E-state index is 13.1. The summed E-state index contributed by atoms with van der Waals surface area (Å²) in [7, 11) is -2.68. The van der Waals surface area contributed by atoms with E-state index in [0.29, 0.717) is 36.4 Å². The van der Waals surface area contributed by atoms with Crippen molar-refractivity contribution in [2.24, 2.45) is 4.99 Å². The molecule has 2 aromatic heterocycles. The molecule has 0 saturated carbocycles. The highest BCUT2D eigenvalue weighted by molar-refractivity contribution is 8.15. The Morgan fingerprint density at radius 1 is 1.28 bits per heavy atom. The normalized spacial score (nSPS) is 19.6. The van der Waals surface area contributed by atoms with Crippen LogP contribution in [0.2, 0.25) is 0 Å². The smallest absolute Gasteiger partial charge is 0.406 e. The number of ether oxygens (including phenoxy) is 2. The van der Waals surface area contributed by atoms with E-state index >= 15 is 0 Å². The number of alkyl halides is 3. The van der Waals surface area contributed by atoms with Gasteiger partial charge in [-0.3, -0.25) is 14.2 Å². The summed E-state index contributed by atoms with van der Waals surface area (Å²) in [6.07, 6.45) is -4.92. The molecule has 1 saturated heterocycles. The molecule has 1 unspecified atom stereocenters. The van der Waals surface area contributed by atoms with Crippen LogP contribution in [0.1, 0.15) is 5.69 Å². The summed E-state index contributed by atoms with van der Waals surface area (Å²) in [4.78, 5) is 10.2. The Kier molecular flexibility index (Phi) is 6.98. The molecule has 36 heavy (non-hydrogen) atoms. The number of benzene rings is 1. The number of aliphatic imine (C=N–C) groups is 1. The number of hydrogen-bond acceptors (Lipinski definition) is 8. The van der Waals surface area contributed by atoms with Crippen molar-refractivity contribution >= 4 is 54.8 Å². The van der Waals surface area contributed by atoms with Crippen LogP contribution in [-0.2, 0) is 14.8 Å². The fourth-order valence-corrected chi connectivity index (χ4v) is 7.66. The minimum absolute atomic E-state index is 0.0415. The average Bonchev–Trinajstić information content (AvgIpc) is 3.58. The van der Waals surface area contributed by atoms with Gasteiger partial charge in [0, 0.05) is 43.4 Å². The van der Waals surface area contributed by atoms with Crippen molar-refractivity contribution in [1.82, 2.24) is 9.88 Å². The van der Waals surface area contributed by atoms with Crippen molar-refractivity contribution in [1.29, 1.82) is 0 Å². The summed E-state index contributed by atoms with van der Waals surface area (Å²) in [6, 6.07) is 7.04. The van der Waals surface area contributed by atoms with Crippen molar-refractivity contribution in [3.8, 4) is 5.75 Å². The van der Waals surface area contributed by atoms with Gasteiger partial charge in [-0.05, 0) is 23.6 Å². The first kappa shape index (κ1) is 25.4. The van der Waals surface area contributed by atoms with Gasteiger partial charge >= 0.3 is 6.36 Å². The maximum Gasteiger partial charge on any atom is 0.573 e. The van der Waals surface area contributed by atoms with Crippen molar-refractivity contribution in [3.05, 3.63) is 41.4 Å². The molecule has 5 rings (SSSR count). The summed E-state index contributed by atoms with van der Waals surface area (Å²) in [6.45, 7) is 4.64. The number of thiophene rings is 1. The van der Waals surface area contributed by atoms with Crippen LogP contribution in [0.25, 0.3) is 10.9 Å². The van der Waals surface area contributed by atoms with Crippen LogP contribution >= 0.6 is 23.1 Å². The molecule has 1 aromatic carbocycles. The summed E-state index contributed by atoms with van der Waals surface area (Å²) < 4.78 is 76.0. The molecule has 0 bridgehead atoms. The molecule has 1 atom stereocenters. The number of aromatic nitrogens is 1. The summed E-state index contributed by atoms with van der Waals surface area (Å²) in [5, 5.41) is 2.98. The van der Waals surface area contributed by atoms with Gasteiger partial charge in [-0.15, -0.1) is 24.5 Å². The number of fused-ring (bicyclic) bond motifs is 1. The van der Waals surface area contributed by atoms with Crippen LogP contribution in [-0.4, -0.2) is 81.4 Å². The predicted octanol–water partition coefficient (Wildman–Crippen LogP) is 4.15. The van der Waals surface area contributed by atoms with Crippen molar-refractivity contribution in [2.45, 2.75) is 15.8 Å². The summed E-state index contributed by atoms with van der Waals surface area (Å²) in [5.74, 6) is -0.505. The van der Waals surface area contributed by atoms with Gasteiger partial charge in [0.25, 0.3) is 10.0 Å². The van der Waals surface area contributed by atoms with E-state index in [0.717, 1.165) is 46.4 Å². The molecule has 14 heteroatoms. The number of sulfonamides is 1. The molecule has 8 nitrogen and oxygen atoms in total. The van der Waals surface area contributed by atoms with Crippen molar-refractivity contribution < 1.29 is 31.1 Å². The zero-order valence-electron chi connectivity index (χ0n) is 19.1. The Balaban J connectivity index is 1.47. The second kappa shape index (κ2) is 9.89. The minimum atomic E-state index is -4.92. The highest BCUT2D eigenvalue weighted by atomic mass is 32.2.